The molecule has 0 bridgehead atoms. The van der Waals surface area contributed by atoms with Gasteiger partial charge in [-0.2, -0.15) is 0 Å². The lowest BCUT2D eigenvalue weighted by Crippen LogP contribution is -2.53. The van der Waals surface area contributed by atoms with Crippen molar-refractivity contribution in [2.24, 2.45) is 5.92 Å². The number of benzene rings is 1. The molecule has 2 fully saturated rings. The molecule has 3 amide bonds. The SMILES string of the molecule is O=C1N[C@]2(C(=O)O)C[C@H]2/C=C\COCCCCC(=O)N2C[C@H](OC(=O)N3Cc4cccc(F)c4C3)C[C@@H]12. The van der Waals surface area contributed by atoms with Gasteiger partial charge in [0, 0.05) is 37.5 Å². The molecule has 4 atom stereocenters. The van der Waals surface area contributed by atoms with Crippen molar-refractivity contribution in [1.82, 2.24) is 15.1 Å². The third kappa shape index (κ3) is 5.04. The van der Waals surface area contributed by atoms with Crippen molar-refractivity contribution < 1.29 is 38.1 Å². The standard InChI is InChI=1S/C26H30FN3O7/c27-20-7-3-5-16-13-29(15-19(16)20)25(35)37-18-11-21-23(32)28-26(24(33)34)12-17(26)6-4-10-36-9-2-1-8-22(31)30(21)14-18/h3-7,17-18,21H,1-2,8-15H2,(H,28,32)(H,33,34)/b6-4-/t17-,18-,21+,26-/m1/s1. The highest BCUT2D eigenvalue weighted by Crippen LogP contribution is 2.45. The first-order chi connectivity index (χ1) is 17.8. The highest BCUT2D eigenvalue weighted by Gasteiger charge is 2.61. The number of hydrogen-bond acceptors (Lipinski definition) is 6. The van der Waals surface area contributed by atoms with E-state index in [-0.39, 0.29) is 56.5 Å². The summed E-state index contributed by atoms with van der Waals surface area (Å²) < 4.78 is 25.3. The fourth-order valence-corrected chi connectivity index (χ4v) is 5.40. The summed E-state index contributed by atoms with van der Waals surface area (Å²) in [5, 5.41) is 12.5. The van der Waals surface area contributed by atoms with E-state index in [4.69, 9.17) is 9.47 Å². The molecular weight excluding hydrogens is 485 g/mol. The molecule has 4 aliphatic rings. The number of fused-ring (bicyclic) bond motifs is 3. The van der Waals surface area contributed by atoms with Gasteiger partial charge in [0.1, 0.15) is 23.5 Å². The van der Waals surface area contributed by atoms with Gasteiger partial charge in [-0.15, -0.1) is 0 Å². The number of halogens is 1. The lowest BCUT2D eigenvalue weighted by Gasteiger charge is -2.25. The van der Waals surface area contributed by atoms with E-state index in [1.54, 1.807) is 24.3 Å². The van der Waals surface area contributed by atoms with Gasteiger partial charge in [0.25, 0.3) is 0 Å². The lowest BCUT2D eigenvalue weighted by molar-refractivity contribution is -0.145. The van der Waals surface area contributed by atoms with E-state index < -0.39 is 35.7 Å². The van der Waals surface area contributed by atoms with Crippen LogP contribution in [0.5, 0.6) is 0 Å². The van der Waals surface area contributed by atoms with Gasteiger partial charge in [0.15, 0.2) is 0 Å². The van der Waals surface area contributed by atoms with E-state index in [0.29, 0.717) is 37.2 Å². The van der Waals surface area contributed by atoms with Crippen molar-refractivity contribution in [2.75, 3.05) is 19.8 Å². The molecule has 1 aromatic carbocycles. The van der Waals surface area contributed by atoms with E-state index in [0.717, 1.165) is 0 Å². The van der Waals surface area contributed by atoms with Crippen molar-refractivity contribution in [3.63, 3.8) is 0 Å². The zero-order chi connectivity index (χ0) is 26.2. The summed E-state index contributed by atoms with van der Waals surface area (Å²) in [4.78, 5) is 54.0. The van der Waals surface area contributed by atoms with Crippen molar-refractivity contribution in [3.05, 3.63) is 47.3 Å². The van der Waals surface area contributed by atoms with Crippen LogP contribution < -0.4 is 5.32 Å². The van der Waals surface area contributed by atoms with Crippen molar-refractivity contribution in [2.45, 2.75) is 62.9 Å². The minimum Gasteiger partial charge on any atom is -0.479 e. The number of carboxylic acids is 1. The molecule has 37 heavy (non-hydrogen) atoms. The van der Waals surface area contributed by atoms with E-state index >= 15 is 0 Å². The van der Waals surface area contributed by atoms with Crippen LogP contribution in [0.15, 0.2) is 30.4 Å². The zero-order valence-electron chi connectivity index (χ0n) is 20.4. The number of carboxylic acid groups (broad SMARTS) is 1. The smallest absolute Gasteiger partial charge is 0.410 e. The molecule has 10 nitrogen and oxygen atoms in total. The van der Waals surface area contributed by atoms with Gasteiger partial charge in [-0.25, -0.2) is 14.0 Å². The van der Waals surface area contributed by atoms with Crippen LogP contribution in [-0.2, 0) is 36.9 Å². The largest absolute Gasteiger partial charge is 0.479 e. The Bertz CT molecular complexity index is 1140. The zero-order valence-corrected chi connectivity index (χ0v) is 20.4. The van der Waals surface area contributed by atoms with E-state index in [1.807, 2.05) is 0 Å². The van der Waals surface area contributed by atoms with Gasteiger partial charge in [-0.3, -0.25) is 14.5 Å². The van der Waals surface area contributed by atoms with Gasteiger partial charge in [-0.1, -0.05) is 24.3 Å². The monoisotopic (exact) mass is 515 g/mol. The Labute approximate surface area is 213 Å². The second-order valence-corrected chi connectivity index (χ2v) is 10.1. The molecule has 0 aromatic heterocycles. The summed E-state index contributed by atoms with van der Waals surface area (Å²) in [5.41, 5.74) is -0.270. The molecule has 198 valence electrons. The Morgan fingerprint density at radius 2 is 2.05 bits per heavy atom. The Balaban J connectivity index is 1.29. The average Bonchev–Trinajstić information content (AvgIpc) is 3.18. The maximum Gasteiger partial charge on any atom is 0.410 e. The van der Waals surface area contributed by atoms with Gasteiger partial charge < -0.3 is 24.8 Å². The first kappa shape index (κ1) is 25.2. The fraction of sp³-hybridized carbons (Fsp3) is 0.538. The van der Waals surface area contributed by atoms with Crippen LogP contribution in [0.1, 0.15) is 43.2 Å². The Morgan fingerprint density at radius 3 is 2.84 bits per heavy atom. The van der Waals surface area contributed by atoms with Crippen LogP contribution in [0.3, 0.4) is 0 Å². The molecule has 1 saturated heterocycles. The topological polar surface area (TPSA) is 125 Å². The second-order valence-electron chi connectivity index (χ2n) is 10.1. The van der Waals surface area contributed by atoms with E-state index in [1.165, 1.54) is 15.9 Å². The summed E-state index contributed by atoms with van der Waals surface area (Å²) in [7, 11) is 0. The molecule has 1 saturated carbocycles. The number of amides is 3. The van der Waals surface area contributed by atoms with Crippen LogP contribution >= 0.6 is 0 Å². The normalized spacial score (nSPS) is 30.8. The molecular formula is C26H30FN3O7. The predicted molar refractivity (Wildman–Crippen MR) is 126 cm³/mol. The Kier molecular flexibility index (Phi) is 6.89. The number of nitrogens with zero attached hydrogens (tertiary/aromatic N) is 2. The Morgan fingerprint density at radius 1 is 1.22 bits per heavy atom. The van der Waals surface area contributed by atoms with Gasteiger partial charge in [-0.05, 0) is 30.9 Å². The molecule has 0 unspecified atom stereocenters. The molecule has 1 aliphatic carbocycles. The molecule has 0 radical (unpaired) electrons. The summed E-state index contributed by atoms with van der Waals surface area (Å²) in [6.45, 7) is 1.12. The number of carbonyl (C=O) groups is 4. The summed E-state index contributed by atoms with van der Waals surface area (Å²) in [5.74, 6) is -2.74. The maximum absolute atomic E-state index is 14.1. The minimum absolute atomic E-state index is 0.0255. The third-order valence-corrected chi connectivity index (χ3v) is 7.59. The Hall–Kier alpha value is -3.47. The summed E-state index contributed by atoms with van der Waals surface area (Å²) in [6.07, 6.45) is 3.82. The second kappa shape index (κ2) is 10.1. The van der Waals surface area contributed by atoms with Crippen molar-refractivity contribution in [3.8, 4) is 0 Å². The molecule has 5 rings (SSSR count). The van der Waals surface area contributed by atoms with E-state index in [9.17, 15) is 28.7 Å². The molecule has 11 heteroatoms. The highest BCUT2D eigenvalue weighted by atomic mass is 19.1. The number of aliphatic carboxylic acids is 1. The molecule has 2 N–H and O–H groups in total. The van der Waals surface area contributed by atoms with E-state index in [2.05, 4.69) is 5.32 Å². The van der Waals surface area contributed by atoms with Crippen molar-refractivity contribution in [1.29, 1.82) is 0 Å². The number of hydrogen-bond donors (Lipinski definition) is 2. The number of nitrogens with one attached hydrogen (secondary N) is 1. The lowest BCUT2D eigenvalue weighted by atomic mass is 10.1. The summed E-state index contributed by atoms with van der Waals surface area (Å²) >= 11 is 0. The third-order valence-electron chi connectivity index (χ3n) is 7.59. The molecule has 0 spiro atoms. The molecule has 3 heterocycles. The first-order valence-electron chi connectivity index (χ1n) is 12.6. The first-order valence-corrected chi connectivity index (χ1v) is 12.6. The van der Waals surface area contributed by atoms with Crippen LogP contribution in [0.2, 0.25) is 0 Å². The number of carbonyl (C=O) groups excluding carboxylic acids is 3. The van der Waals surface area contributed by atoms with Crippen LogP contribution in [0, 0.1) is 11.7 Å². The average molecular weight is 516 g/mol. The van der Waals surface area contributed by atoms with Gasteiger partial charge in [0.2, 0.25) is 11.8 Å². The highest BCUT2D eigenvalue weighted by molar-refractivity contribution is 5.94. The van der Waals surface area contributed by atoms with Crippen LogP contribution in [-0.4, -0.2) is 76.2 Å². The number of ether oxygens (including phenoxy) is 2. The predicted octanol–water partition coefficient (Wildman–Crippen LogP) is 1.96. The van der Waals surface area contributed by atoms with Crippen LogP contribution in [0.4, 0.5) is 9.18 Å². The van der Waals surface area contributed by atoms with Crippen LogP contribution in [0.25, 0.3) is 0 Å². The van der Waals surface area contributed by atoms with Gasteiger partial charge >= 0.3 is 12.1 Å². The molecule has 1 aromatic rings. The summed E-state index contributed by atoms with van der Waals surface area (Å²) in [6, 6.07) is 3.73. The quantitative estimate of drug-likeness (QED) is 0.577. The fourth-order valence-electron chi connectivity index (χ4n) is 5.40. The number of rotatable bonds is 2. The molecule has 3 aliphatic heterocycles. The minimum atomic E-state index is -1.43. The van der Waals surface area contributed by atoms with Gasteiger partial charge in [0.05, 0.1) is 19.7 Å². The maximum atomic E-state index is 14.1. The van der Waals surface area contributed by atoms with Crippen molar-refractivity contribution >= 4 is 23.9 Å².